The fourth-order valence-corrected chi connectivity index (χ4v) is 3.28. The molecule has 0 spiro atoms. The quantitative estimate of drug-likeness (QED) is 0.664. The second-order valence-electron chi connectivity index (χ2n) is 8.30. The van der Waals surface area contributed by atoms with Crippen molar-refractivity contribution in [1.29, 1.82) is 0 Å². The highest BCUT2D eigenvalue weighted by atomic mass is 16.2. The molecule has 6 nitrogen and oxygen atoms in total. The van der Waals surface area contributed by atoms with Gasteiger partial charge in [0.1, 0.15) is 6.04 Å². The molecular formula is C25H38N2O4. The highest BCUT2D eigenvalue weighted by Gasteiger charge is 2.44. The van der Waals surface area contributed by atoms with Gasteiger partial charge >= 0.3 is 0 Å². The van der Waals surface area contributed by atoms with Crippen molar-refractivity contribution in [2.24, 2.45) is 5.92 Å². The Hall–Kier alpha value is -2.50. The topological polar surface area (TPSA) is 83.6 Å². The monoisotopic (exact) mass is 430 g/mol. The van der Waals surface area contributed by atoms with Gasteiger partial charge in [-0.2, -0.15) is 0 Å². The van der Waals surface area contributed by atoms with Crippen LogP contribution in [0.2, 0.25) is 0 Å². The number of nitrogens with zero attached hydrogens (tertiary/aromatic N) is 1. The normalized spacial score (nSPS) is 18.4. The number of benzene rings is 1. The van der Waals surface area contributed by atoms with Crippen LogP contribution >= 0.6 is 0 Å². The van der Waals surface area contributed by atoms with E-state index in [2.05, 4.69) is 39.9 Å². The van der Waals surface area contributed by atoms with Gasteiger partial charge in [-0.15, -0.1) is 0 Å². The smallest absolute Gasteiger partial charge is 0.262 e. The minimum absolute atomic E-state index is 0.128. The van der Waals surface area contributed by atoms with E-state index in [-0.39, 0.29) is 18.7 Å². The maximum atomic E-state index is 12.3. The zero-order valence-electron chi connectivity index (χ0n) is 19.9. The van der Waals surface area contributed by atoms with Crippen LogP contribution in [0.3, 0.4) is 0 Å². The van der Waals surface area contributed by atoms with Gasteiger partial charge in [0.05, 0.1) is 11.1 Å². The van der Waals surface area contributed by atoms with Gasteiger partial charge in [0.15, 0.2) is 0 Å². The van der Waals surface area contributed by atoms with E-state index in [1.54, 1.807) is 18.2 Å². The minimum Gasteiger partial charge on any atom is -0.295 e. The number of unbranched alkanes of at least 4 members (excludes halogenated alkanes) is 1. The highest BCUT2D eigenvalue weighted by molar-refractivity contribution is 6.23. The zero-order valence-corrected chi connectivity index (χ0v) is 19.9. The van der Waals surface area contributed by atoms with Gasteiger partial charge in [-0.3, -0.25) is 29.4 Å². The van der Waals surface area contributed by atoms with Gasteiger partial charge in [0.25, 0.3) is 11.8 Å². The average molecular weight is 431 g/mol. The average Bonchev–Trinajstić information content (AvgIpc) is 2.99. The summed E-state index contributed by atoms with van der Waals surface area (Å²) in [6, 6.07) is 4.08. The molecule has 4 amide bonds. The predicted molar refractivity (Wildman–Crippen MR) is 123 cm³/mol. The molecule has 1 saturated heterocycles. The van der Waals surface area contributed by atoms with Crippen LogP contribution in [0.5, 0.6) is 0 Å². The lowest BCUT2D eigenvalue weighted by atomic mass is 10.0. The molecule has 0 bridgehead atoms. The zero-order chi connectivity index (χ0) is 23.6. The first-order valence-corrected chi connectivity index (χ1v) is 11.5. The number of carbonyl (C=O) groups excluding carboxylic acids is 4. The molecule has 6 heteroatoms. The van der Waals surface area contributed by atoms with E-state index in [1.165, 1.54) is 32.1 Å². The lowest BCUT2D eigenvalue weighted by molar-refractivity contribution is -0.136. The number of hydrogen-bond donors (Lipinski definition) is 1. The molecular weight excluding hydrogens is 392 g/mol. The molecule has 0 saturated carbocycles. The van der Waals surface area contributed by atoms with Crippen LogP contribution in [0.15, 0.2) is 18.2 Å². The second-order valence-corrected chi connectivity index (χ2v) is 8.30. The molecule has 0 aromatic heterocycles. The number of rotatable bonds is 5. The predicted octanol–water partition coefficient (Wildman–Crippen LogP) is 5.04. The molecule has 1 N–H and O–H groups in total. The largest absolute Gasteiger partial charge is 0.295 e. The Labute approximate surface area is 186 Å². The molecule has 0 radical (unpaired) electrons. The molecule has 2 atom stereocenters. The van der Waals surface area contributed by atoms with Crippen LogP contribution < -0.4 is 5.32 Å². The van der Waals surface area contributed by atoms with E-state index in [9.17, 15) is 19.2 Å². The third-order valence-corrected chi connectivity index (χ3v) is 5.57. The van der Waals surface area contributed by atoms with Crippen LogP contribution in [-0.4, -0.2) is 34.6 Å². The van der Waals surface area contributed by atoms with Crippen molar-refractivity contribution in [2.45, 2.75) is 92.5 Å². The summed E-state index contributed by atoms with van der Waals surface area (Å²) in [6.45, 7) is 13.0. The van der Waals surface area contributed by atoms with E-state index >= 15 is 0 Å². The fraction of sp³-hybridized carbons (Fsp3) is 0.600. The van der Waals surface area contributed by atoms with Crippen molar-refractivity contribution < 1.29 is 19.2 Å². The maximum absolute atomic E-state index is 12.3. The van der Waals surface area contributed by atoms with Gasteiger partial charge in [-0.1, -0.05) is 78.4 Å². The fourth-order valence-electron chi connectivity index (χ4n) is 3.28. The Morgan fingerprint density at radius 3 is 2.06 bits per heavy atom. The Morgan fingerprint density at radius 2 is 1.58 bits per heavy atom. The van der Waals surface area contributed by atoms with Crippen LogP contribution in [0, 0.1) is 12.8 Å². The summed E-state index contributed by atoms with van der Waals surface area (Å²) in [5.74, 6) is -0.959. The van der Waals surface area contributed by atoms with E-state index < -0.39 is 23.8 Å². The summed E-state index contributed by atoms with van der Waals surface area (Å²) in [4.78, 5) is 48.5. The van der Waals surface area contributed by atoms with Gasteiger partial charge in [0, 0.05) is 6.42 Å². The van der Waals surface area contributed by atoms with Crippen molar-refractivity contribution in [3.8, 4) is 0 Å². The van der Waals surface area contributed by atoms with E-state index in [0.717, 1.165) is 16.4 Å². The number of amides is 4. The van der Waals surface area contributed by atoms with Gasteiger partial charge in [0.2, 0.25) is 11.8 Å². The number of nitrogens with one attached hydrogen (secondary N) is 1. The summed E-state index contributed by atoms with van der Waals surface area (Å²) in [5, 5.41) is 2.16. The third kappa shape index (κ3) is 7.30. The summed E-state index contributed by atoms with van der Waals surface area (Å²) in [6.07, 6.45) is 7.03. The first-order valence-electron chi connectivity index (χ1n) is 11.5. The summed E-state index contributed by atoms with van der Waals surface area (Å²) >= 11 is 0. The number of fused-ring (bicyclic) bond motifs is 1. The first kappa shape index (κ1) is 26.5. The number of aryl methyl sites for hydroxylation is 1. The highest BCUT2D eigenvalue weighted by Crippen LogP contribution is 2.28. The number of piperidine rings is 1. The van der Waals surface area contributed by atoms with Crippen LogP contribution in [0.1, 0.15) is 106 Å². The van der Waals surface area contributed by atoms with Gasteiger partial charge in [-0.25, -0.2) is 0 Å². The first-order chi connectivity index (χ1) is 14.7. The van der Waals surface area contributed by atoms with Gasteiger partial charge in [-0.05, 0) is 31.4 Å². The SMILES string of the molecule is CCCC.CCCC(C)CC.Cc1ccc2c(c1)C(=O)N(C1CCC(=O)NC1=O)C2=O. The van der Waals surface area contributed by atoms with Crippen LogP contribution in [0.4, 0.5) is 0 Å². The molecule has 2 aliphatic rings. The Kier molecular flexibility index (Phi) is 11.2. The van der Waals surface area contributed by atoms with Crippen molar-refractivity contribution >= 4 is 23.6 Å². The number of hydrogen-bond acceptors (Lipinski definition) is 4. The van der Waals surface area contributed by atoms with Gasteiger partial charge < -0.3 is 0 Å². The Bertz CT molecular complexity index is 786. The third-order valence-electron chi connectivity index (χ3n) is 5.57. The molecule has 172 valence electrons. The van der Waals surface area contributed by atoms with Crippen molar-refractivity contribution in [1.82, 2.24) is 10.2 Å². The molecule has 1 aromatic carbocycles. The molecule has 31 heavy (non-hydrogen) atoms. The summed E-state index contributed by atoms with van der Waals surface area (Å²) < 4.78 is 0. The molecule has 1 aromatic rings. The lowest BCUT2D eigenvalue weighted by Gasteiger charge is -2.27. The van der Waals surface area contributed by atoms with Crippen LogP contribution in [-0.2, 0) is 9.59 Å². The molecule has 2 heterocycles. The number of imide groups is 2. The lowest BCUT2D eigenvalue weighted by Crippen LogP contribution is -2.54. The van der Waals surface area contributed by atoms with Crippen molar-refractivity contribution in [3.05, 3.63) is 34.9 Å². The molecule has 0 aliphatic carbocycles. The maximum Gasteiger partial charge on any atom is 0.262 e. The second kappa shape index (κ2) is 13.0. The molecule has 2 unspecified atom stereocenters. The standard InChI is InChI=1S/C14H12N2O4.C7H16.C4H10/c1-7-2-3-8-9(6-7)14(20)16(13(8)19)10-4-5-11(17)15-12(10)18;1-4-6-7(3)5-2;1-3-4-2/h2-3,6,10H,4-5H2,1H3,(H,15,17,18);7H,4-6H2,1-3H3;3-4H2,1-2H3. The molecule has 2 aliphatic heterocycles. The van der Waals surface area contributed by atoms with Crippen molar-refractivity contribution in [3.63, 3.8) is 0 Å². The van der Waals surface area contributed by atoms with E-state index in [1.807, 2.05) is 6.92 Å². The van der Waals surface area contributed by atoms with E-state index in [0.29, 0.717) is 11.1 Å². The molecule has 1 fully saturated rings. The minimum atomic E-state index is -0.902. The van der Waals surface area contributed by atoms with Crippen LogP contribution in [0.25, 0.3) is 0 Å². The summed E-state index contributed by atoms with van der Waals surface area (Å²) in [7, 11) is 0. The van der Waals surface area contributed by atoms with Crippen molar-refractivity contribution in [2.75, 3.05) is 0 Å². The summed E-state index contributed by atoms with van der Waals surface area (Å²) in [5.41, 5.74) is 1.50. The number of carbonyl (C=O) groups is 4. The molecule has 3 rings (SSSR count). The Balaban J connectivity index is 0.000000366. The Morgan fingerprint density at radius 1 is 0.968 bits per heavy atom. The van der Waals surface area contributed by atoms with E-state index in [4.69, 9.17) is 0 Å².